The number of carboxylic acids is 1. The number of hydrogen-bond acceptors (Lipinski definition) is 4. The molecule has 1 rings (SSSR count). The summed E-state index contributed by atoms with van der Waals surface area (Å²) in [5.41, 5.74) is 5.49. The Bertz CT molecular complexity index is 306. The van der Waals surface area contributed by atoms with Crippen molar-refractivity contribution in [3.8, 4) is 0 Å². The Morgan fingerprint density at radius 3 is 2.56 bits per heavy atom. The van der Waals surface area contributed by atoms with E-state index < -0.39 is 12.1 Å². The van der Waals surface area contributed by atoms with Gasteiger partial charge in [-0.25, -0.2) is 0 Å². The second-order valence-corrected chi connectivity index (χ2v) is 5.07. The molecule has 0 aromatic rings. The van der Waals surface area contributed by atoms with E-state index in [4.69, 9.17) is 15.6 Å². The second-order valence-electron chi connectivity index (χ2n) is 5.07. The second kappa shape index (κ2) is 6.70. The number of nitrogens with zero attached hydrogens (tertiary/aromatic N) is 1. The molecule has 1 heterocycles. The van der Waals surface area contributed by atoms with Gasteiger partial charge in [0.1, 0.15) is 12.6 Å². The average molecular weight is 258 g/mol. The summed E-state index contributed by atoms with van der Waals surface area (Å²) in [5.74, 6) is -1.01. The van der Waals surface area contributed by atoms with Crippen LogP contribution in [-0.2, 0) is 14.3 Å². The molecule has 2 unspecified atom stereocenters. The molecule has 1 aliphatic rings. The first kappa shape index (κ1) is 14.9. The van der Waals surface area contributed by atoms with Gasteiger partial charge in [0.05, 0.1) is 6.10 Å². The lowest BCUT2D eigenvalue weighted by molar-refractivity contribution is -0.150. The number of ether oxygens (including phenoxy) is 1. The molecule has 0 saturated carbocycles. The van der Waals surface area contributed by atoms with Gasteiger partial charge in [-0.05, 0) is 18.8 Å². The lowest BCUT2D eigenvalue weighted by atomic mass is 10.1. The molecule has 104 valence electrons. The molecule has 1 fully saturated rings. The van der Waals surface area contributed by atoms with Gasteiger partial charge < -0.3 is 20.5 Å². The summed E-state index contributed by atoms with van der Waals surface area (Å²) in [6.45, 7) is 4.44. The van der Waals surface area contributed by atoms with Gasteiger partial charge in [-0.15, -0.1) is 0 Å². The average Bonchev–Trinajstić information content (AvgIpc) is 2.74. The lowest BCUT2D eigenvalue weighted by Crippen LogP contribution is -2.44. The summed E-state index contributed by atoms with van der Waals surface area (Å²) < 4.78 is 5.51. The van der Waals surface area contributed by atoms with Crippen LogP contribution in [-0.4, -0.2) is 53.7 Å². The molecular formula is C12H22N2O4. The number of amides is 1. The lowest BCUT2D eigenvalue weighted by Gasteiger charge is -2.25. The number of carboxylic acid groups (broad SMARTS) is 1. The fraction of sp³-hybridized carbons (Fsp3) is 0.833. The van der Waals surface area contributed by atoms with Crippen molar-refractivity contribution in [1.29, 1.82) is 0 Å². The van der Waals surface area contributed by atoms with Crippen LogP contribution in [0.5, 0.6) is 0 Å². The minimum atomic E-state index is -1.00. The minimum absolute atomic E-state index is 0.0790. The molecule has 6 nitrogen and oxygen atoms in total. The molecule has 0 aromatic carbocycles. The molecule has 0 spiro atoms. The van der Waals surface area contributed by atoms with Crippen molar-refractivity contribution in [3.63, 3.8) is 0 Å². The maximum atomic E-state index is 12.2. The van der Waals surface area contributed by atoms with E-state index in [1.807, 2.05) is 13.8 Å². The smallest absolute Gasteiger partial charge is 0.323 e. The normalized spacial score (nSPS) is 23.3. The van der Waals surface area contributed by atoms with Gasteiger partial charge in [0, 0.05) is 13.1 Å². The number of rotatable bonds is 6. The number of aliphatic carboxylic acids is 1. The Morgan fingerprint density at radius 1 is 1.44 bits per heavy atom. The van der Waals surface area contributed by atoms with Crippen LogP contribution in [0.2, 0.25) is 0 Å². The van der Waals surface area contributed by atoms with Crippen molar-refractivity contribution >= 4 is 11.9 Å². The molecule has 0 radical (unpaired) electrons. The van der Waals surface area contributed by atoms with Crippen LogP contribution in [0.25, 0.3) is 0 Å². The summed E-state index contributed by atoms with van der Waals surface area (Å²) in [6.07, 6.45) is 0.769. The van der Waals surface area contributed by atoms with Gasteiger partial charge in [0.25, 0.3) is 5.91 Å². The predicted octanol–water partition coefficient (Wildman–Crippen LogP) is 0.0619. The van der Waals surface area contributed by atoms with E-state index in [0.29, 0.717) is 19.5 Å². The predicted molar refractivity (Wildman–Crippen MR) is 66.0 cm³/mol. The highest BCUT2D eigenvalue weighted by molar-refractivity contribution is 5.84. The van der Waals surface area contributed by atoms with Gasteiger partial charge >= 0.3 is 5.97 Å². The molecule has 18 heavy (non-hydrogen) atoms. The number of carbonyl (C=O) groups is 2. The molecular weight excluding hydrogens is 236 g/mol. The number of nitrogens with two attached hydrogens (primary N) is 1. The van der Waals surface area contributed by atoms with Gasteiger partial charge in [0.2, 0.25) is 0 Å². The molecule has 3 N–H and O–H groups in total. The third kappa shape index (κ3) is 4.27. The van der Waals surface area contributed by atoms with Crippen LogP contribution in [0.1, 0.15) is 26.7 Å². The highest BCUT2D eigenvalue weighted by Crippen LogP contribution is 2.21. The fourth-order valence-corrected chi connectivity index (χ4v) is 2.10. The fourth-order valence-electron chi connectivity index (χ4n) is 2.10. The molecule has 0 aliphatic carbocycles. The van der Waals surface area contributed by atoms with Crippen LogP contribution in [0.4, 0.5) is 0 Å². The molecule has 1 saturated heterocycles. The first-order chi connectivity index (χ1) is 8.43. The molecule has 1 amide bonds. The van der Waals surface area contributed by atoms with Gasteiger partial charge in [0.15, 0.2) is 0 Å². The summed E-state index contributed by atoms with van der Waals surface area (Å²) in [5, 5.41) is 8.83. The first-order valence-corrected chi connectivity index (χ1v) is 6.30. The van der Waals surface area contributed by atoms with Gasteiger partial charge in [-0.2, -0.15) is 0 Å². The van der Waals surface area contributed by atoms with Crippen LogP contribution in [0.15, 0.2) is 0 Å². The standard InChI is InChI=1S/C12H22N2O4/c1-8(2)6-14(7-11(15)16)12(17)10-4-3-9(5-13)18-10/h8-10H,3-7,13H2,1-2H3,(H,15,16). The van der Waals surface area contributed by atoms with Crippen molar-refractivity contribution in [1.82, 2.24) is 4.90 Å². The highest BCUT2D eigenvalue weighted by atomic mass is 16.5. The summed E-state index contributed by atoms with van der Waals surface area (Å²) in [7, 11) is 0. The van der Waals surface area contributed by atoms with E-state index in [-0.39, 0.29) is 24.5 Å². The third-order valence-electron chi connectivity index (χ3n) is 2.87. The summed E-state index contributed by atoms with van der Waals surface area (Å²) >= 11 is 0. The zero-order valence-corrected chi connectivity index (χ0v) is 11.0. The quantitative estimate of drug-likeness (QED) is 0.703. The number of carbonyl (C=O) groups excluding carboxylic acids is 1. The molecule has 0 bridgehead atoms. The van der Waals surface area contributed by atoms with Crippen molar-refractivity contribution in [2.75, 3.05) is 19.6 Å². The highest BCUT2D eigenvalue weighted by Gasteiger charge is 2.33. The van der Waals surface area contributed by atoms with E-state index in [1.54, 1.807) is 0 Å². The Kier molecular flexibility index (Phi) is 5.55. The van der Waals surface area contributed by atoms with E-state index in [2.05, 4.69) is 0 Å². The zero-order chi connectivity index (χ0) is 13.7. The van der Waals surface area contributed by atoms with Crippen LogP contribution in [0.3, 0.4) is 0 Å². The molecule has 2 atom stereocenters. The number of hydrogen-bond donors (Lipinski definition) is 2. The maximum Gasteiger partial charge on any atom is 0.323 e. The van der Waals surface area contributed by atoms with E-state index in [9.17, 15) is 9.59 Å². The van der Waals surface area contributed by atoms with Gasteiger partial charge in [-0.3, -0.25) is 9.59 Å². The monoisotopic (exact) mass is 258 g/mol. The maximum absolute atomic E-state index is 12.2. The van der Waals surface area contributed by atoms with Crippen molar-refractivity contribution in [2.24, 2.45) is 11.7 Å². The summed E-state index contributed by atoms with van der Waals surface area (Å²) in [4.78, 5) is 24.3. The Morgan fingerprint density at radius 2 is 2.11 bits per heavy atom. The van der Waals surface area contributed by atoms with Crippen LogP contribution in [0, 0.1) is 5.92 Å². The van der Waals surface area contributed by atoms with Crippen LogP contribution >= 0.6 is 0 Å². The Balaban J connectivity index is 2.61. The van der Waals surface area contributed by atoms with Crippen molar-refractivity contribution in [3.05, 3.63) is 0 Å². The van der Waals surface area contributed by atoms with Crippen molar-refractivity contribution in [2.45, 2.75) is 38.9 Å². The Hall–Kier alpha value is -1.14. The van der Waals surface area contributed by atoms with Crippen LogP contribution < -0.4 is 5.73 Å². The molecule has 0 aromatic heterocycles. The topological polar surface area (TPSA) is 92.9 Å². The first-order valence-electron chi connectivity index (χ1n) is 6.30. The minimum Gasteiger partial charge on any atom is -0.480 e. The summed E-state index contributed by atoms with van der Waals surface area (Å²) in [6, 6.07) is 0. The van der Waals surface area contributed by atoms with E-state index in [0.717, 1.165) is 6.42 Å². The van der Waals surface area contributed by atoms with Crippen molar-refractivity contribution < 1.29 is 19.4 Å². The zero-order valence-electron chi connectivity index (χ0n) is 11.0. The molecule has 6 heteroatoms. The molecule has 1 aliphatic heterocycles. The van der Waals surface area contributed by atoms with E-state index in [1.165, 1.54) is 4.90 Å². The third-order valence-corrected chi connectivity index (χ3v) is 2.87. The Labute approximate surface area is 107 Å². The largest absolute Gasteiger partial charge is 0.480 e. The van der Waals surface area contributed by atoms with E-state index >= 15 is 0 Å². The van der Waals surface area contributed by atoms with Gasteiger partial charge in [-0.1, -0.05) is 13.8 Å². The SMILES string of the molecule is CC(C)CN(CC(=O)O)C(=O)C1CCC(CN)O1.